The highest BCUT2D eigenvalue weighted by Crippen LogP contribution is 2.09. The molecular formula is C10H8FN3O2. The fourth-order valence-electron chi connectivity index (χ4n) is 1.37. The molecule has 5 nitrogen and oxygen atoms in total. The number of halogens is 1. The average Bonchev–Trinajstić information content (AvgIpc) is 2.19. The molecule has 1 aromatic carbocycles. The van der Waals surface area contributed by atoms with E-state index in [9.17, 15) is 14.0 Å². The summed E-state index contributed by atoms with van der Waals surface area (Å²) in [4.78, 5) is 24.5. The maximum atomic E-state index is 12.7. The number of aromatic amines is 1. The minimum absolute atomic E-state index is 0.000332. The van der Waals surface area contributed by atoms with Crippen molar-refractivity contribution in [1.82, 2.24) is 9.55 Å². The van der Waals surface area contributed by atoms with Crippen molar-refractivity contribution in [3.8, 4) is 5.69 Å². The predicted molar refractivity (Wildman–Crippen MR) is 57.0 cm³/mol. The van der Waals surface area contributed by atoms with Gasteiger partial charge in [0.05, 0.1) is 5.69 Å². The molecule has 0 fully saturated rings. The molecular weight excluding hydrogens is 213 g/mol. The quantitative estimate of drug-likeness (QED) is 0.724. The average molecular weight is 221 g/mol. The van der Waals surface area contributed by atoms with Gasteiger partial charge in [0.25, 0.3) is 5.56 Å². The molecule has 1 aromatic heterocycles. The van der Waals surface area contributed by atoms with Gasteiger partial charge in [-0.05, 0) is 24.3 Å². The molecule has 16 heavy (non-hydrogen) atoms. The molecule has 0 amide bonds. The highest BCUT2D eigenvalue weighted by molar-refractivity contribution is 5.41. The van der Waals surface area contributed by atoms with E-state index in [2.05, 4.69) is 4.98 Å². The molecule has 82 valence electrons. The van der Waals surface area contributed by atoms with Gasteiger partial charge >= 0.3 is 5.69 Å². The number of nitrogens with zero attached hydrogens (tertiary/aromatic N) is 1. The number of rotatable bonds is 1. The topological polar surface area (TPSA) is 80.9 Å². The van der Waals surface area contributed by atoms with Crippen molar-refractivity contribution in [2.45, 2.75) is 0 Å². The van der Waals surface area contributed by atoms with E-state index >= 15 is 0 Å². The lowest BCUT2D eigenvalue weighted by Crippen LogP contribution is -2.30. The van der Waals surface area contributed by atoms with E-state index in [0.717, 1.165) is 10.6 Å². The predicted octanol–water partition coefficient (Wildman–Crippen LogP) is 0.247. The van der Waals surface area contributed by atoms with E-state index in [0.29, 0.717) is 5.69 Å². The molecule has 0 spiro atoms. The molecule has 2 aromatic rings. The summed E-state index contributed by atoms with van der Waals surface area (Å²) < 4.78 is 13.8. The first-order chi connectivity index (χ1) is 7.58. The molecule has 0 radical (unpaired) electrons. The Balaban J connectivity index is 2.69. The second kappa shape index (κ2) is 3.65. The highest BCUT2D eigenvalue weighted by Gasteiger charge is 2.05. The van der Waals surface area contributed by atoms with E-state index < -0.39 is 17.1 Å². The van der Waals surface area contributed by atoms with Crippen LogP contribution in [0, 0.1) is 5.82 Å². The Hall–Kier alpha value is -2.37. The number of nitrogens with one attached hydrogen (secondary N) is 1. The summed E-state index contributed by atoms with van der Waals surface area (Å²) >= 11 is 0. The number of hydrogen-bond acceptors (Lipinski definition) is 3. The number of nitrogen functional groups attached to an aromatic ring is 1. The van der Waals surface area contributed by atoms with Gasteiger partial charge < -0.3 is 5.73 Å². The molecule has 3 N–H and O–H groups in total. The van der Waals surface area contributed by atoms with Crippen molar-refractivity contribution in [1.29, 1.82) is 0 Å². The van der Waals surface area contributed by atoms with E-state index in [4.69, 9.17) is 5.73 Å². The van der Waals surface area contributed by atoms with E-state index in [-0.39, 0.29) is 5.82 Å². The number of hydrogen-bond donors (Lipinski definition) is 2. The van der Waals surface area contributed by atoms with Crippen LogP contribution in [0.15, 0.2) is 39.9 Å². The van der Waals surface area contributed by atoms with Crippen molar-refractivity contribution in [2.24, 2.45) is 0 Å². The Bertz CT molecular complexity index is 628. The second-order valence-electron chi connectivity index (χ2n) is 3.18. The second-order valence-corrected chi connectivity index (χ2v) is 3.18. The minimum Gasteiger partial charge on any atom is -0.385 e. The molecule has 0 saturated carbocycles. The van der Waals surface area contributed by atoms with Crippen LogP contribution in [-0.4, -0.2) is 9.55 Å². The molecule has 0 aliphatic rings. The van der Waals surface area contributed by atoms with Crippen molar-refractivity contribution >= 4 is 5.82 Å². The summed E-state index contributed by atoms with van der Waals surface area (Å²) in [6, 6.07) is 6.28. The van der Waals surface area contributed by atoms with Gasteiger partial charge in [-0.25, -0.2) is 13.8 Å². The van der Waals surface area contributed by atoms with Crippen LogP contribution in [-0.2, 0) is 0 Å². The van der Waals surface area contributed by atoms with Gasteiger partial charge in [-0.3, -0.25) is 9.78 Å². The number of H-pyrrole nitrogens is 1. The molecule has 0 saturated heterocycles. The van der Waals surface area contributed by atoms with Gasteiger partial charge in [0.1, 0.15) is 11.6 Å². The maximum absolute atomic E-state index is 12.7. The fourth-order valence-corrected chi connectivity index (χ4v) is 1.37. The Morgan fingerprint density at radius 1 is 1.19 bits per heavy atom. The van der Waals surface area contributed by atoms with Gasteiger partial charge in [0.2, 0.25) is 0 Å². The van der Waals surface area contributed by atoms with E-state index in [1.807, 2.05) is 0 Å². The summed E-state index contributed by atoms with van der Waals surface area (Å²) in [6.07, 6.45) is 0. The van der Waals surface area contributed by atoms with Crippen molar-refractivity contribution in [2.75, 3.05) is 5.73 Å². The summed E-state index contributed by atoms with van der Waals surface area (Å²) in [6.45, 7) is 0. The van der Waals surface area contributed by atoms with Crippen molar-refractivity contribution in [3.05, 3.63) is 57.0 Å². The first-order valence-electron chi connectivity index (χ1n) is 4.46. The Morgan fingerprint density at radius 2 is 1.81 bits per heavy atom. The standard InChI is InChI=1S/C10H8FN3O2/c11-6-1-3-7(4-2-6)14-8(12)5-9(15)13-10(14)16/h1-5H,12H2,(H,13,15,16). The monoisotopic (exact) mass is 221 g/mol. The lowest BCUT2D eigenvalue weighted by molar-refractivity contribution is 0.627. The zero-order chi connectivity index (χ0) is 11.7. The van der Waals surface area contributed by atoms with Gasteiger partial charge in [-0.15, -0.1) is 0 Å². The summed E-state index contributed by atoms with van der Waals surface area (Å²) in [5.41, 5.74) is 4.71. The van der Waals surface area contributed by atoms with E-state index in [1.165, 1.54) is 24.3 Å². The van der Waals surface area contributed by atoms with Gasteiger partial charge in [0, 0.05) is 6.07 Å². The largest absolute Gasteiger partial charge is 0.385 e. The van der Waals surface area contributed by atoms with Crippen LogP contribution in [0.5, 0.6) is 0 Å². The number of aromatic nitrogens is 2. The third kappa shape index (κ3) is 1.72. The van der Waals surface area contributed by atoms with Crippen LogP contribution < -0.4 is 17.0 Å². The lowest BCUT2D eigenvalue weighted by Gasteiger charge is -2.07. The molecule has 0 aliphatic heterocycles. The molecule has 0 bridgehead atoms. The van der Waals surface area contributed by atoms with Crippen molar-refractivity contribution < 1.29 is 4.39 Å². The van der Waals surface area contributed by atoms with Crippen LogP contribution >= 0.6 is 0 Å². The Morgan fingerprint density at radius 3 is 2.38 bits per heavy atom. The van der Waals surface area contributed by atoms with E-state index in [1.54, 1.807) is 0 Å². The van der Waals surface area contributed by atoms with Gasteiger partial charge in [0.15, 0.2) is 0 Å². The van der Waals surface area contributed by atoms with Crippen molar-refractivity contribution in [3.63, 3.8) is 0 Å². The molecule has 2 rings (SSSR count). The van der Waals surface area contributed by atoms with Gasteiger partial charge in [-0.2, -0.15) is 0 Å². The normalized spacial score (nSPS) is 10.3. The van der Waals surface area contributed by atoms with Gasteiger partial charge in [-0.1, -0.05) is 0 Å². The summed E-state index contributed by atoms with van der Waals surface area (Å²) in [7, 11) is 0. The molecule has 1 heterocycles. The first kappa shape index (κ1) is 10.2. The molecule has 0 atom stereocenters. The van der Waals surface area contributed by atoms with Crippen LogP contribution in [0.3, 0.4) is 0 Å². The zero-order valence-electron chi connectivity index (χ0n) is 8.11. The zero-order valence-corrected chi connectivity index (χ0v) is 8.11. The third-order valence-electron chi connectivity index (χ3n) is 2.06. The van der Waals surface area contributed by atoms with Crippen LogP contribution in [0.1, 0.15) is 0 Å². The first-order valence-corrected chi connectivity index (χ1v) is 4.46. The maximum Gasteiger partial charge on any atom is 0.334 e. The smallest absolute Gasteiger partial charge is 0.334 e. The Labute approximate surface area is 89.0 Å². The molecule has 0 unspecified atom stereocenters. The Kier molecular flexibility index (Phi) is 2.32. The molecule has 6 heteroatoms. The lowest BCUT2D eigenvalue weighted by atomic mass is 10.3. The van der Waals surface area contributed by atoms with Crippen LogP contribution in [0.25, 0.3) is 5.69 Å². The SMILES string of the molecule is Nc1cc(=O)[nH]c(=O)n1-c1ccc(F)cc1. The van der Waals surface area contributed by atoms with Crippen LogP contribution in [0.4, 0.5) is 10.2 Å². The molecule has 0 aliphatic carbocycles. The fraction of sp³-hybridized carbons (Fsp3) is 0. The summed E-state index contributed by atoms with van der Waals surface area (Å²) in [5.74, 6) is -0.417. The van der Waals surface area contributed by atoms with Crippen LogP contribution in [0.2, 0.25) is 0 Å². The minimum atomic E-state index is -0.656. The number of anilines is 1. The number of nitrogens with two attached hydrogens (primary N) is 1. The number of benzene rings is 1. The highest BCUT2D eigenvalue weighted by atomic mass is 19.1. The third-order valence-corrected chi connectivity index (χ3v) is 2.06. The summed E-state index contributed by atoms with van der Waals surface area (Å²) in [5, 5.41) is 0.